The first-order chi connectivity index (χ1) is 9.43. The molecule has 2 aromatic rings. The van der Waals surface area contributed by atoms with Crippen LogP contribution in [-0.2, 0) is 0 Å². The Balaban J connectivity index is 2.53. The molecule has 0 saturated carbocycles. The Labute approximate surface area is 122 Å². The third kappa shape index (κ3) is 2.67. The largest absolute Gasteiger partial charge is 0.494 e. The van der Waals surface area contributed by atoms with Gasteiger partial charge in [-0.1, -0.05) is 0 Å². The number of aromatic nitrogens is 1. The minimum atomic E-state index is -0.982. The quantitative estimate of drug-likeness (QED) is 0.930. The summed E-state index contributed by atoms with van der Waals surface area (Å²) >= 11 is 1.20. The lowest BCUT2D eigenvalue weighted by molar-refractivity contribution is 0.0696. The molecule has 1 aromatic heterocycles. The first-order valence-electron chi connectivity index (χ1n) is 6.39. The first-order valence-corrected chi connectivity index (χ1v) is 7.20. The molecule has 0 radical (unpaired) electrons. The van der Waals surface area contributed by atoms with E-state index in [1.54, 1.807) is 0 Å². The van der Waals surface area contributed by atoms with E-state index in [-0.39, 0.29) is 5.01 Å². The number of carboxylic acid groups (broad SMARTS) is 1. The molecule has 0 fully saturated rings. The molecule has 4 nitrogen and oxygen atoms in total. The van der Waals surface area contributed by atoms with Crippen molar-refractivity contribution in [3.63, 3.8) is 0 Å². The van der Waals surface area contributed by atoms with Crippen molar-refractivity contribution in [3.8, 4) is 17.0 Å². The fourth-order valence-corrected chi connectivity index (χ4v) is 2.86. The van der Waals surface area contributed by atoms with Gasteiger partial charge >= 0.3 is 5.97 Å². The van der Waals surface area contributed by atoms with Crippen LogP contribution in [0.15, 0.2) is 12.1 Å². The second-order valence-electron chi connectivity index (χ2n) is 4.59. The van der Waals surface area contributed by atoms with Gasteiger partial charge in [-0.05, 0) is 51.0 Å². The topological polar surface area (TPSA) is 59.4 Å². The van der Waals surface area contributed by atoms with E-state index in [4.69, 9.17) is 9.84 Å². The van der Waals surface area contributed by atoms with Crippen LogP contribution in [0.1, 0.15) is 32.7 Å². The zero-order chi connectivity index (χ0) is 14.9. The van der Waals surface area contributed by atoms with Gasteiger partial charge in [0.25, 0.3) is 0 Å². The van der Waals surface area contributed by atoms with Gasteiger partial charge in [-0.2, -0.15) is 0 Å². The van der Waals surface area contributed by atoms with Gasteiger partial charge < -0.3 is 9.84 Å². The van der Waals surface area contributed by atoms with Gasteiger partial charge in [-0.25, -0.2) is 9.78 Å². The Hall–Kier alpha value is -1.88. The van der Waals surface area contributed by atoms with Crippen LogP contribution in [0.2, 0.25) is 0 Å². The van der Waals surface area contributed by atoms with E-state index in [0.29, 0.717) is 6.61 Å². The Bertz CT molecular complexity index is 661. The van der Waals surface area contributed by atoms with Gasteiger partial charge in [0.05, 0.1) is 12.3 Å². The van der Waals surface area contributed by atoms with Crippen LogP contribution in [0.5, 0.6) is 5.75 Å². The molecule has 0 spiro atoms. The number of carbonyl (C=O) groups is 1. The zero-order valence-electron chi connectivity index (χ0n) is 12.0. The van der Waals surface area contributed by atoms with Gasteiger partial charge in [0, 0.05) is 10.4 Å². The van der Waals surface area contributed by atoms with Crippen LogP contribution in [0, 0.1) is 20.8 Å². The molecular formula is C15H17NO3S. The van der Waals surface area contributed by atoms with Crippen LogP contribution in [-0.4, -0.2) is 22.7 Å². The molecule has 1 heterocycles. The Morgan fingerprint density at radius 2 is 2.00 bits per heavy atom. The van der Waals surface area contributed by atoms with Crippen molar-refractivity contribution in [2.45, 2.75) is 27.7 Å². The standard InChI is InChI=1S/C15H17NO3S/c1-5-19-12-7-8(2)11(6-9(12)3)13-10(4)20-14(16-13)15(17)18/h6-7H,5H2,1-4H3,(H,17,18). The fourth-order valence-electron chi connectivity index (χ4n) is 2.09. The summed E-state index contributed by atoms with van der Waals surface area (Å²) in [5, 5.41) is 9.16. The maximum Gasteiger partial charge on any atom is 0.365 e. The lowest BCUT2D eigenvalue weighted by Crippen LogP contribution is -1.97. The SMILES string of the molecule is CCOc1cc(C)c(-c2nc(C(=O)O)sc2C)cc1C. The number of hydrogen-bond donors (Lipinski definition) is 1. The van der Waals surface area contributed by atoms with Crippen molar-refractivity contribution >= 4 is 17.3 Å². The number of hydrogen-bond acceptors (Lipinski definition) is 4. The van der Waals surface area contributed by atoms with Crippen LogP contribution < -0.4 is 4.74 Å². The van der Waals surface area contributed by atoms with E-state index in [0.717, 1.165) is 33.0 Å². The summed E-state index contributed by atoms with van der Waals surface area (Å²) in [5.41, 5.74) is 3.77. The zero-order valence-corrected chi connectivity index (χ0v) is 12.8. The van der Waals surface area contributed by atoms with Gasteiger partial charge in [0.1, 0.15) is 5.75 Å². The smallest absolute Gasteiger partial charge is 0.365 e. The molecule has 0 amide bonds. The van der Waals surface area contributed by atoms with E-state index in [1.165, 1.54) is 11.3 Å². The summed E-state index contributed by atoms with van der Waals surface area (Å²) in [7, 11) is 0. The molecular weight excluding hydrogens is 274 g/mol. The number of rotatable bonds is 4. The number of ether oxygens (including phenoxy) is 1. The van der Waals surface area contributed by atoms with Crippen molar-refractivity contribution in [1.29, 1.82) is 0 Å². The second-order valence-corrected chi connectivity index (χ2v) is 5.80. The van der Waals surface area contributed by atoms with Crippen LogP contribution in [0.25, 0.3) is 11.3 Å². The van der Waals surface area contributed by atoms with Crippen molar-refractivity contribution in [2.75, 3.05) is 6.61 Å². The molecule has 1 aromatic carbocycles. The highest BCUT2D eigenvalue weighted by Gasteiger charge is 2.17. The Morgan fingerprint density at radius 3 is 2.55 bits per heavy atom. The number of nitrogens with zero attached hydrogens (tertiary/aromatic N) is 1. The highest BCUT2D eigenvalue weighted by molar-refractivity contribution is 7.13. The third-order valence-corrected chi connectivity index (χ3v) is 4.02. The van der Waals surface area contributed by atoms with Gasteiger partial charge in [-0.3, -0.25) is 0 Å². The maximum atomic E-state index is 11.0. The molecule has 0 aliphatic rings. The van der Waals surface area contributed by atoms with Crippen LogP contribution in [0.4, 0.5) is 0 Å². The molecule has 0 bridgehead atoms. The highest BCUT2D eigenvalue weighted by Crippen LogP contribution is 2.33. The summed E-state index contributed by atoms with van der Waals surface area (Å²) in [4.78, 5) is 16.2. The van der Waals surface area contributed by atoms with E-state index >= 15 is 0 Å². The van der Waals surface area contributed by atoms with Crippen molar-refractivity contribution in [2.24, 2.45) is 0 Å². The second kappa shape index (κ2) is 5.63. The fraction of sp³-hybridized carbons (Fsp3) is 0.333. The molecule has 20 heavy (non-hydrogen) atoms. The summed E-state index contributed by atoms with van der Waals surface area (Å²) < 4.78 is 5.57. The van der Waals surface area contributed by atoms with E-state index in [2.05, 4.69) is 4.98 Å². The van der Waals surface area contributed by atoms with E-state index < -0.39 is 5.97 Å². The first kappa shape index (κ1) is 14.5. The Kier molecular flexibility index (Phi) is 4.09. The lowest BCUT2D eigenvalue weighted by atomic mass is 10.0. The van der Waals surface area contributed by atoms with E-state index in [1.807, 2.05) is 39.8 Å². The predicted molar refractivity (Wildman–Crippen MR) is 79.9 cm³/mol. The van der Waals surface area contributed by atoms with Gasteiger partial charge in [-0.15, -0.1) is 11.3 Å². The van der Waals surface area contributed by atoms with Crippen LogP contribution >= 0.6 is 11.3 Å². The molecule has 1 N–H and O–H groups in total. The third-order valence-electron chi connectivity index (χ3n) is 3.06. The summed E-state index contributed by atoms with van der Waals surface area (Å²) in [6, 6.07) is 3.99. The van der Waals surface area contributed by atoms with Gasteiger partial charge in [0.2, 0.25) is 5.01 Å². The molecule has 106 valence electrons. The Morgan fingerprint density at radius 1 is 1.30 bits per heavy atom. The summed E-state index contributed by atoms with van der Waals surface area (Å²) in [6.07, 6.45) is 0. The number of aromatic carboxylic acids is 1. The average Bonchev–Trinajstić information content (AvgIpc) is 2.76. The summed E-state index contributed by atoms with van der Waals surface area (Å²) in [5.74, 6) is -0.121. The maximum absolute atomic E-state index is 11.0. The molecule has 5 heteroatoms. The molecule has 0 unspecified atom stereocenters. The molecule has 0 saturated heterocycles. The minimum absolute atomic E-state index is 0.128. The summed E-state index contributed by atoms with van der Waals surface area (Å²) in [6.45, 7) is 8.43. The molecule has 0 aliphatic carbocycles. The van der Waals surface area contributed by atoms with Crippen LogP contribution in [0.3, 0.4) is 0 Å². The van der Waals surface area contributed by atoms with Crippen molar-refractivity contribution in [3.05, 3.63) is 33.1 Å². The number of thiazole rings is 1. The number of aryl methyl sites for hydroxylation is 3. The number of carboxylic acids is 1. The highest BCUT2D eigenvalue weighted by atomic mass is 32.1. The van der Waals surface area contributed by atoms with E-state index in [9.17, 15) is 4.79 Å². The lowest BCUT2D eigenvalue weighted by Gasteiger charge is -2.11. The normalized spacial score (nSPS) is 10.6. The number of benzene rings is 1. The molecule has 0 atom stereocenters. The average molecular weight is 291 g/mol. The van der Waals surface area contributed by atoms with Crippen molar-refractivity contribution < 1.29 is 14.6 Å². The van der Waals surface area contributed by atoms with Crippen molar-refractivity contribution in [1.82, 2.24) is 4.98 Å². The molecule has 0 aliphatic heterocycles. The monoisotopic (exact) mass is 291 g/mol. The predicted octanol–water partition coefficient (Wildman–Crippen LogP) is 3.83. The van der Waals surface area contributed by atoms with Gasteiger partial charge in [0.15, 0.2) is 0 Å². The molecule has 2 rings (SSSR count). The minimum Gasteiger partial charge on any atom is -0.494 e.